The number of aromatic nitrogens is 2. The minimum atomic E-state index is -0.597. The third-order valence-electron chi connectivity index (χ3n) is 8.01. The average molecular weight is 1000 g/mol. The summed E-state index contributed by atoms with van der Waals surface area (Å²) in [5.41, 5.74) is 10.9. The van der Waals surface area contributed by atoms with Crippen LogP contribution in [0.2, 0.25) is 20.1 Å². The van der Waals surface area contributed by atoms with Gasteiger partial charge < -0.3 is 30.7 Å². The highest BCUT2D eigenvalue weighted by atomic mass is 79.9. The van der Waals surface area contributed by atoms with Crippen LogP contribution >= 0.6 is 85.0 Å². The fourth-order valence-corrected chi connectivity index (χ4v) is 8.93. The van der Waals surface area contributed by atoms with E-state index in [4.69, 9.17) is 61.9 Å². The first kappa shape index (κ1) is 50.3. The highest BCUT2D eigenvalue weighted by Crippen LogP contribution is 2.38. The topological polar surface area (TPSA) is 157 Å². The number of nitrogens with two attached hydrogens (primary N) is 1. The van der Waals surface area contributed by atoms with Crippen molar-refractivity contribution in [3.05, 3.63) is 118 Å². The van der Waals surface area contributed by atoms with Gasteiger partial charge in [-0.15, -0.1) is 22.7 Å². The SMILES string of the molecule is C.CC(C)Cc1sc(Br)nc1-c1ccc(Cl)c(Cl)c1.CC(C)Cc1sc(Nc2ccc(O)c(COC=O)c2)nc1-c1ccc(Cl)c(Cl)c1.COC(=O)c1cc(N)ccc1O. The van der Waals surface area contributed by atoms with Crippen LogP contribution in [0.5, 0.6) is 11.5 Å². The lowest BCUT2D eigenvalue weighted by atomic mass is 10.0. The van der Waals surface area contributed by atoms with Gasteiger partial charge in [0.15, 0.2) is 9.05 Å². The third-order valence-corrected chi connectivity index (χ3v) is 12.0. The molecule has 0 fully saturated rings. The zero-order valence-electron chi connectivity index (χ0n) is 32.5. The Balaban J connectivity index is 0.000000264. The molecule has 0 saturated carbocycles. The smallest absolute Gasteiger partial charge is 0.341 e. The number of aromatic hydroxyl groups is 2. The standard InChI is InChI=1S/C21H20Cl2N2O3S.C13H12BrCl2NS.C8H9NO3.CH4/c1-12(2)7-19-20(13-3-5-16(22)17(23)9-13)25-21(29-19)24-15-4-6-18(27)14(8-15)10-28-11-26;1-7(2)5-11-12(17-13(14)18-11)8-3-4-9(15)10(16)6-8;1-12-8(11)6-4-5(9)2-3-7(6)10;/h3-6,8-9,11-12,27H,7,10H2,1-2H3,(H,24,25);3-4,6-7H,5H2,1-2H3;2-4,10H,9H2,1H3;1H4. The van der Waals surface area contributed by atoms with Crippen LogP contribution in [-0.2, 0) is 33.7 Å². The maximum atomic E-state index is 10.9. The summed E-state index contributed by atoms with van der Waals surface area (Å²) < 4.78 is 10.1. The summed E-state index contributed by atoms with van der Waals surface area (Å²) in [6.07, 6.45) is 1.89. The molecule has 0 aliphatic heterocycles. The van der Waals surface area contributed by atoms with Crippen LogP contribution in [0.15, 0.2) is 76.7 Å². The maximum absolute atomic E-state index is 10.9. The summed E-state index contributed by atoms with van der Waals surface area (Å²) in [5, 5.41) is 25.2. The molecule has 6 aromatic rings. The number of hydrogen-bond acceptors (Lipinski definition) is 12. The van der Waals surface area contributed by atoms with Gasteiger partial charge in [-0.3, -0.25) is 4.79 Å². The van der Waals surface area contributed by atoms with E-state index in [1.165, 1.54) is 30.2 Å². The summed E-state index contributed by atoms with van der Waals surface area (Å²) in [7, 11) is 1.24. The number of nitrogens with one attached hydrogen (secondary N) is 1. The van der Waals surface area contributed by atoms with Gasteiger partial charge in [0.2, 0.25) is 0 Å². The van der Waals surface area contributed by atoms with Crippen molar-refractivity contribution in [3.63, 3.8) is 0 Å². The predicted octanol–water partition coefficient (Wildman–Crippen LogP) is 13.9. The predicted molar refractivity (Wildman–Crippen MR) is 253 cm³/mol. The molecule has 0 amide bonds. The van der Waals surface area contributed by atoms with E-state index in [1.54, 1.807) is 46.9 Å². The molecule has 17 heteroatoms. The number of esters is 1. The fraction of sp³-hybridized carbons (Fsp3) is 0.256. The van der Waals surface area contributed by atoms with Gasteiger partial charge in [-0.05, 0) is 101 Å². The number of hydrogen-bond donors (Lipinski definition) is 4. The van der Waals surface area contributed by atoms with Gasteiger partial charge in [-0.2, -0.15) is 0 Å². The van der Waals surface area contributed by atoms with Crippen LogP contribution in [-0.4, -0.2) is 39.7 Å². The minimum absolute atomic E-state index is 0. The molecule has 0 spiro atoms. The average Bonchev–Trinajstić information content (AvgIpc) is 3.75. The number of carbonyl (C=O) groups excluding carboxylic acids is 2. The number of phenolic OH excluding ortho intramolecular Hbond substituents is 2. The Kier molecular flexibility index (Phi) is 19.9. The molecule has 320 valence electrons. The molecular weight excluding hydrogens is 954 g/mol. The Hall–Kier alpha value is -4.08. The van der Waals surface area contributed by atoms with Crippen LogP contribution in [0.25, 0.3) is 22.5 Å². The number of ether oxygens (including phenoxy) is 2. The van der Waals surface area contributed by atoms with Crippen molar-refractivity contribution in [1.82, 2.24) is 9.97 Å². The Labute approximate surface area is 386 Å². The molecule has 5 N–H and O–H groups in total. The van der Waals surface area contributed by atoms with Crippen molar-refractivity contribution >= 4 is 114 Å². The normalized spacial score (nSPS) is 10.5. The number of nitrogens with zero attached hydrogens (tertiary/aromatic N) is 2. The van der Waals surface area contributed by atoms with E-state index in [1.807, 2.05) is 30.3 Å². The summed E-state index contributed by atoms with van der Waals surface area (Å²) >= 11 is 30.9. The molecule has 0 unspecified atom stereocenters. The van der Waals surface area contributed by atoms with Crippen molar-refractivity contribution in [2.75, 3.05) is 18.2 Å². The van der Waals surface area contributed by atoms with Gasteiger partial charge in [-0.1, -0.05) is 93.7 Å². The zero-order valence-corrected chi connectivity index (χ0v) is 38.7. The molecular formula is C43H45BrCl4N4O6S2. The highest BCUT2D eigenvalue weighted by Gasteiger charge is 2.17. The molecule has 0 aliphatic rings. The van der Waals surface area contributed by atoms with Crippen LogP contribution < -0.4 is 11.1 Å². The number of benzene rings is 4. The van der Waals surface area contributed by atoms with Crippen molar-refractivity contribution < 1.29 is 29.3 Å². The van der Waals surface area contributed by atoms with Crippen molar-refractivity contribution in [2.24, 2.45) is 11.8 Å². The Bertz CT molecular complexity index is 2390. The first-order valence-corrected chi connectivity index (χ1v) is 21.8. The van der Waals surface area contributed by atoms with Gasteiger partial charge in [0.05, 0.1) is 38.6 Å². The molecule has 0 radical (unpaired) electrons. The molecule has 2 aromatic heterocycles. The number of nitrogen functional groups attached to an aromatic ring is 1. The van der Waals surface area contributed by atoms with Crippen molar-refractivity contribution in [3.8, 4) is 34.0 Å². The zero-order chi connectivity index (χ0) is 43.4. The molecule has 2 heterocycles. The first-order valence-electron chi connectivity index (χ1n) is 17.9. The number of methoxy groups -OCH3 is 1. The maximum Gasteiger partial charge on any atom is 0.341 e. The quantitative estimate of drug-likeness (QED) is 0.0403. The van der Waals surface area contributed by atoms with Gasteiger partial charge in [0.25, 0.3) is 6.47 Å². The summed E-state index contributed by atoms with van der Waals surface area (Å²) in [6.45, 7) is 9.06. The second-order valence-corrected chi connectivity index (χ2v) is 18.7. The lowest BCUT2D eigenvalue weighted by Gasteiger charge is -2.07. The second-order valence-electron chi connectivity index (χ2n) is 13.6. The number of halogens is 5. The third kappa shape index (κ3) is 14.5. The number of anilines is 3. The Morgan fingerprint density at radius 1 is 0.800 bits per heavy atom. The number of rotatable bonds is 12. The number of carbonyl (C=O) groups is 2. The van der Waals surface area contributed by atoms with E-state index in [-0.39, 0.29) is 31.1 Å². The van der Waals surface area contributed by atoms with E-state index >= 15 is 0 Å². The van der Waals surface area contributed by atoms with E-state index in [9.17, 15) is 19.8 Å². The fourth-order valence-electron chi connectivity index (χ4n) is 5.34. The molecule has 0 bridgehead atoms. The Morgan fingerprint density at radius 2 is 1.35 bits per heavy atom. The number of thiazole rings is 2. The van der Waals surface area contributed by atoms with Gasteiger partial charge >= 0.3 is 5.97 Å². The number of phenols is 2. The molecule has 10 nitrogen and oxygen atoms in total. The second kappa shape index (κ2) is 23.8. The molecule has 6 rings (SSSR count). The van der Waals surface area contributed by atoms with Gasteiger partial charge in [0, 0.05) is 37.8 Å². The summed E-state index contributed by atoms with van der Waals surface area (Å²) in [4.78, 5) is 33.1. The highest BCUT2D eigenvalue weighted by molar-refractivity contribution is 9.11. The molecule has 0 saturated heterocycles. The Morgan fingerprint density at radius 3 is 1.88 bits per heavy atom. The van der Waals surface area contributed by atoms with Crippen molar-refractivity contribution in [1.29, 1.82) is 0 Å². The lowest BCUT2D eigenvalue weighted by molar-refractivity contribution is -0.129. The molecule has 4 aromatic carbocycles. The first-order chi connectivity index (χ1) is 28.0. The van der Waals surface area contributed by atoms with Gasteiger partial charge in [-0.25, -0.2) is 14.8 Å². The van der Waals surface area contributed by atoms with E-state index in [0.717, 1.165) is 55.0 Å². The molecule has 60 heavy (non-hydrogen) atoms. The van der Waals surface area contributed by atoms with E-state index < -0.39 is 5.97 Å². The summed E-state index contributed by atoms with van der Waals surface area (Å²) in [5.74, 6) is 0.397. The minimum Gasteiger partial charge on any atom is -0.508 e. The van der Waals surface area contributed by atoms with Crippen LogP contribution in [0.1, 0.15) is 60.8 Å². The van der Waals surface area contributed by atoms with Crippen LogP contribution in [0.3, 0.4) is 0 Å². The van der Waals surface area contributed by atoms with Gasteiger partial charge in [0.1, 0.15) is 23.7 Å². The molecule has 0 aliphatic carbocycles. The van der Waals surface area contributed by atoms with E-state index in [2.05, 4.69) is 58.7 Å². The van der Waals surface area contributed by atoms with Crippen LogP contribution in [0, 0.1) is 11.8 Å². The van der Waals surface area contributed by atoms with Crippen LogP contribution in [0.4, 0.5) is 16.5 Å². The lowest BCUT2D eigenvalue weighted by Crippen LogP contribution is -2.02. The van der Waals surface area contributed by atoms with E-state index in [0.29, 0.717) is 49.6 Å². The monoisotopic (exact) mass is 996 g/mol. The summed E-state index contributed by atoms with van der Waals surface area (Å²) in [6, 6.07) is 20.4. The molecule has 0 atom stereocenters. The van der Waals surface area contributed by atoms with Crippen molar-refractivity contribution in [2.45, 2.75) is 54.6 Å². The largest absolute Gasteiger partial charge is 0.508 e.